The molecule has 0 saturated carbocycles. The van der Waals surface area contributed by atoms with E-state index >= 15 is 0 Å². The average Bonchev–Trinajstić information content (AvgIpc) is 3.43. The molecule has 0 radical (unpaired) electrons. The van der Waals surface area contributed by atoms with E-state index in [9.17, 15) is 13.2 Å². The summed E-state index contributed by atoms with van der Waals surface area (Å²) >= 11 is 0. The Morgan fingerprint density at radius 1 is 1.19 bits per heavy atom. The highest BCUT2D eigenvalue weighted by molar-refractivity contribution is 7.89. The standard InChI is InChI=1S/C23H25N3O5S/c1-16-7-9-19(10-8-16)24-23(27)18-5-3-13-26(15-18)32(28,29)22-17(2)25-31-21(22)12-11-20-6-4-14-30-20/h4,6-12,14,18H,3,5,13,15H2,1-2H3,(H,24,27)/b12-11+. The summed E-state index contributed by atoms with van der Waals surface area (Å²) in [5, 5.41) is 6.74. The van der Waals surface area contributed by atoms with Crippen molar-refractivity contribution in [3.05, 3.63) is 65.4 Å². The first-order valence-corrected chi connectivity index (χ1v) is 11.8. The van der Waals surface area contributed by atoms with E-state index in [1.807, 2.05) is 31.2 Å². The molecule has 2 aromatic heterocycles. The molecule has 9 heteroatoms. The van der Waals surface area contributed by atoms with Gasteiger partial charge >= 0.3 is 0 Å². The third kappa shape index (κ3) is 4.68. The minimum atomic E-state index is -3.90. The number of rotatable bonds is 6. The van der Waals surface area contributed by atoms with Crippen molar-refractivity contribution < 1.29 is 22.2 Å². The molecule has 8 nitrogen and oxygen atoms in total. The van der Waals surface area contributed by atoms with Crippen LogP contribution in [0.25, 0.3) is 12.2 Å². The van der Waals surface area contributed by atoms with Crippen molar-refractivity contribution in [2.24, 2.45) is 5.92 Å². The Morgan fingerprint density at radius 3 is 2.69 bits per heavy atom. The summed E-state index contributed by atoms with van der Waals surface area (Å²) in [5.41, 5.74) is 2.06. The zero-order valence-electron chi connectivity index (χ0n) is 17.9. The van der Waals surface area contributed by atoms with E-state index in [-0.39, 0.29) is 28.8 Å². The van der Waals surface area contributed by atoms with E-state index in [0.29, 0.717) is 30.8 Å². The summed E-state index contributed by atoms with van der Waals surface area (Å²) in [6.45, 7) is 4.00. The number of anilines is 1. The Morgan fingerprint density at radius 2 is 1.97 bits per heavy atom. The number of benzene rings is 1. The van der Waals surface area contributed by atoms with Crippen LogP contribution in [0.15, 0.2) is 56.5 Å². The number of nitrogens with zero attached hydrogens (tertiary/aromatic N) is 2. The van der Waals surface area contributed by atoms with E-state index in [0.717, 1.165) is 5.56 Å². The molecule has 1 aliphatic rings. The van der Waals surface area contributed by atoms with E-state index < -0.39 is 15.9 Å². The van der Waals surface area contributed by atoms with Crippen LogP contribution in [-0.2, 0) is 14.8 Å². The molecule has 168 valence electrons. The van der Waals surface area contributed by atoms with Gasteiger partial charge in [0.05, 0.1) is 12.2 Å². The predicted molar refractivity (Wildman–Crippen MR) is 120 cm³/mol. The van der Waals surface area contributed by atoms with E-state index in [1.54, 1.807) is 25.1 Å². The number of nitrogens with one attached hydrogen (secondary N) is 1. The molecule has 1 saturated heterocycles. The maximum Gasteiger partial charge on any atom is 0.248 e. The topological polar surface area (TPSA) is 106 Å². The van der Waals surface area contributed by atoms with Crippen molar-refractivity contribution in [1.29, 1.82) is 0 Å². The van der Waals surface area contributed by atoms with Gasteiger partial charge in [-0.3, -0.25) is 4.79 Å². The Balaban J connectivity index is 1.52. The molecule has 1 aliphatic heterocycles. The highest BCUT2D eigenvalue weighted by Gasteiger charge is 2.37. The zero-order valence-corrected chi connectivity index (χ0v) is 18.8. The van der Waals surface area contributed by atoms with Crippen LogP contribution >= 0.6 is 0 Å². The highest BCUT2D eigenvalue weighted by Crippen LogP contribution is 2.29. The molecule has 1 fully saturated rings. The van der Waals surface area contributed by atoms with Crippen molar-refractivity contribution >= 4 is 33.8 Å². The second kappa shape index (κ2) is 9.13. The quantitative estimate of drug-likeness (QED) is 0.600. The number of piperidine rings is 1. The number of sulfonamides is 1. The van der Waals surface area contributed by atoms with Crippen LogP contribution in [0.2, 0.25) is 0 Å². The molecule has 1 atom stereocenters. The molecule has 1 N–H and O–H groups in total. The van der Waals surface area contributed by atoms with Crippen LogP contribution < -0.4 is 5.32 Å². The monoisotopic (exact) mass is 455 g/mol. The summed E-state index contributed by atoms with van der Waals surface area (Å²) in [5.74, 6) is 0.0641. The van der Waals surface area contributed by atoms with Crippen LogP contribution in [0.5, 0.6) is 0 Å². The van der Waals surface area contributed by atoms with Gasteiger partial charge in [0.1, 0.15) is 11.5 Å². The maximum atomic E-state index is 13.5. The van der Waals surface area contributed by atoms with Gasteiger partial charge in [0.15, 0.2) is 10.7 Å². The maximum absolute atomic E-state index is 13.5. The number of carbonyl (C=O) groups excluding carboxylic acids is 1. The number of furan rings is 1. The van der Waals surface area contributed by atoms with E-state index in [1.165, 1.54) is 16.6 Å². The minimum absolute atomic E-state index is 0.0138. The van der Waals surface area contributed by atoms with Crippen molar-refractivity contribution in [3.63, 3.8) is 0 Å². The normalized spacial score (nSPS) is 17.6. The Labute approximate surface area is 186 Å². The molecule has 0 spiro atoms. The number of hydrogen-bond acceptors (Lipinski definition) is 6. The lowest BCUT2D eigenvalue weighted by atomic mass is 9.98. The lowest BCUT2D eigenvalue weighted by Gasteiger charge is -2.31. The van der Waals surface area contributed by atoms with Gasteiger partial charge < -0.3 is 14.3 Å². The first kappa shape index (κ1) is 22.0. The van der Waals surface area contributed by atoms with Crippen LogP contribution in [0.1, 0.15) is 35.6 Å². The summed E-state index contributed by atoms with van der Waals surface area (Å²) < 4.78 is 38.8. The molecular formula is C23H25N3O5S. The van der Waals surface area contributed by atoms with Gasteiger partial charge in [-0.1, -0.05) is 22.9 Å². The van der Waals surface area contributed by atoms with Gasteiger partial charge in [-0.15, -0.1) is 0 Å². The third-order valence-electron chi connectivity index (χ3n) is 5.45. The molecule has 0 aliphatic carbocycles. The van der Waals surface area contributed by atoms with Gasteiger partial charge in [-0.05, 0) is 63.1 Å². The summed E-state index contributed by atoms with van der Waals surface area (Å²) in [4.78, 5) is 12.8. The van der Waals surface area contributed by atoms with Gasteiger partial charge in [-0.2, -0.15) is 4.31 Å². The van der Waals surface area contributed by atoms with Gasteiger partial charge in [0.2, 0.25) is 15.9 Å². The molecule has 1 unspecified atom stereocenters. The molecule has 32 heavy (non-hydrogen) atoms. The Kier molecular flexibility index (Phi) is 6.29. The minimum Gasteiger partial charge on any atom is -0.465 e. The number of aromatic nitrogens is 1. The molecule has 1 amide bonds. The zero-order chi connectivity index (χ0) is 22.7. The third-order valence-corrected chi connectivity index (χ3v) is 7.47. The molecule has 3 aromatic rings. The molecule has 3 heterocycles. The molecule has 1 aromatic carbocycles. The van der Waals surface area contributed by atoms with Crippen LogP contribution in [0, 0.1) is 19.8 Å². The average molecular weight is 456 g/mol. The van der Waals surface area contributed by atoms with Crippen LogP contribution in [0.4, 0.5) is 5.69 Å². The number of hydrogen-bond donors (Lipinski definition) is 1. The van der Waals surface area contributed by atoms with E-state index in [4.69, 9.17) is 8.94 Å². The van der Waals surface area contributed by atoms with Crippen molar-refractivity contribution in [3.8, 4) is 0 Å². The van der Waals surface area contributed by atoms with Crippen LogP contribution in [0.3, 0.4) is 0 Å². The van der Waals surface area contributed by atoms with Gasteiger partial charge in [0.25, 0.3) is 0 Å². The lowest BCUT2D eigenvalue weighted by molar-refractivity contribution is -0.120. The summed E-state index contributed by atoms with van der Waals surface area (Å²) in [6, 6.07) is 11.0. The first-order chi connectivity index (χ1) is 15.3. The van der Waals surface area contributed by atoms with Gasteiger partial charge in [-0.25, -0.2) is 8.42 Å². The first-order valence-electron chi connectivity index (χ1n) is 10.4. The second-order valence-corrected chi connectivity index (χ2v) is 9.74. The number of carbonyl (C=O) groups is 1. The highest BCUT2D eigenvalue weighted by atomic mass is 32.2. The number of aryl methyl sites for hydroxylation is 2. The largest absolute Gasteiger partial charge is 0.465 e. The summed E-state index contributed by atoms with van der Waals surface area (Å²) in [7, 11) is -3.90. The van der Waals surface area contributed by atoms with Gasteiger partial charge in [0, 0.05) is 18.8 Å². The fraction of sp³-hybridized carbons (Fsp3) is 0.304. The van der Waals surface area contributed by atoms with Crippen molar-refractivity contribution in [2.45, 2.75) is 31.6 Å². The van der Waals surface area contributed by atoms with Crippen molar-refractivity contribution in [1.82, 2.24) is 9.46 Å². The predicted octanol–water partition coefficient (Wildman–Crippen LogP) is 4.09. The summed E-state index contributed by atoms with van der Waals surface area (Å²) in [6.07, 6.45) is 5.88. The molecule has 0 bridgehead atoms. The molecular weight excluding hydrogens is 430 g/mol. The number of amides is 1. The fourth-order valence-electron chi connectivity index (χ4n) is 3.73. The van der Waals surface area contributed by atoms with E-state index in [2.05, 4.69) is 10.5 Å². The smallest absolute Gasteiger partial charge is 0.248 e. The van der Waals surface area contributed by atoms with Crippen molar-refractivity contribution in [2.75, 3.05) is 18.4 Å². The Hall–Kier alpha value is -3.17. The Bertz CT molecular complexity index is 1210. The molecule has 4 rings (SSSR count). The lowest BCUT2D eigenvalue weighted by Crippen LogP contribution is -2.43. The second-order valence-electron chi connectivity index (χ2n) is 7.87. The van der Waals surface area contributed by atoms with Crippen LogP contribution in [-0.4, -0.2) is 36.9 Å². The fourth-order valence-corrected chi connectivity index (χ4v) is 5.50. The SMILES string of the molecule is Cc1ccc(NC(=O)C2CCCN(S(=O)(=O)c3c(C)noc3/C=C/c3ccco3)C2)cc1.